The number of rotatable bonds is 4. The van der Waals surface area contributed by atoms with Crippen LogP contribution in [0.5, 0.6) is 0 Å². The first kappa shape index (κ1) is 20.9. The number of ether oxygens (including phenoxy) is 1. The number of hydrogen-bond acceptors (Lipinski definition) is 5. The number of aromatic nitrogens is 1. The van der Waals surface area contributed by atoms with Gasteiger partial charge >= 0.3 is 12.1 Å². The second-order valence-electron chi connectivity index (χ2n) is 8.81. The fourth-order valence-electron chi connectivity index (χ4n) is 3.60. The van der Waals surface area contributed by atoms with Gasteiger partial charge in [-0.15, -0.1) is 0 Å². The maximum Gasteiger partial charge on any atom is 0.410 e. The van der Waals surface area contributed by atoms with Crippen molar-refractivity contribution in [2.75, 3.05) is 13.1 Å². The third-order valence-corrected chi connectivity index (χ3v) is 5.10. The van der Waals surface area contributed by atoms with Gasteiger partial charge < -0.3 is 19.3 Å². The first-order chi connectivity index (χ1) is 13.6. The van der Waals surface area contributed by atoms with E-state index in [-0.39, 0.29) is 13.0 Å². The molecule has 2 aromatic rings. The van der Waals surface area contributed by atoms with Crippen LogP contribution in [0, 0.1) is 12.3 Å². The summed E-state index contributed by atoms with van der Waals surface area (Å²) in [7, 11) is 0. The molecule has 1 atom stereocenters. The summed E-state index contributed by atoms with van der Waals surface area (Å²) in [6, 6.07) is 9.66. The van der Waals surface area contributed by atoms with E-state index in [1.165, 1.54) is 4.90 Å². The molecule has 1 aromatic heterocycles. The van der Waals surface area contributed by atoms with Gasteiger partial charge in [-0.3, -0.25) is 4.79 Å². The quantitative estimate of drug-likeness (QED) is 0.823. The number of benzene rings is 1. The molecule has 3 rings (SSSR count). The van der Waals surface area contributed by atoms with Crippen molar-refractivity contribution in [1.82, 2.24) is 10.1 Å². The van der Waals surface area contributed by atoms with Crippen LogP contribution < -0.4 is 0 Å². The van der Waals surface area contributed by atoms with Crippen LogP contribution in [0.25, 0.3) is 11.3 Å². The highest BCUT2D eigenvalue weighted by Crippen LogP contribution is 2.35. The van der Waals surface area contributed by atoms with E-state index >= 15 is 0 Å². The third-order valence-electron chi connectivity index (χ3n) is 5.10. The lowest BCUT2D eigenvalue weighted by Crippen LogP contribution is -2.52. The Labute approximate surface area is 170 Å². The van der Waals surface area contributed by atoms with Crippen molar-refractivity contribution < 1.29 is 24.0 Å². The van der Waals surface area contributed by atoms with E-state index in [1.54, 1.807) is 26.8 Å². The second-order valence-corrected chi connectivity index (χ2v) is 8.81. The summed E-state index contributed by atoms with van der Waals surface area (Å²) in [5.74, 6) is -0.451. The molecule has 156 valence electrons. The molecule has 2 heterocycles. The Kier molecular flexibility index (Phi) is 5.68. The number of carbonyl (C=O) groups is 2. The van der Waals surface area contributed by atoms with Gasteiger partial charge in [0.2, 0.25) is 0 Å². The first-order valence-corrected chi connectivity index (χ1v) is 9.82. The van der Waals surface area contributed by atoms with Crippen molar-refractivity contribution in [3.05, 3.63) is 41.7 Å². The molecule has 1 N–H and O–H groups in total. The SMILES string of the molecule is Cc1ccc(-c2cc(C[C@@]3(C(=O)O)CCCN(C(=O)OC(C)(C)C)C3)on2)cc1. The lowest BCUT2D eigenvalue weighted by molar-refractivity contribution is -0.152. The fraction of sp³-hybridized carbons (Fsp3) is 0.500. The minimum absolute atomic E-state index is 0.0812. The number of aliphatic carboxylic acids is 1. The number of likely N-dealkylation sites (tertiary alicyclic amines) is 1. The Hall–Kier alpha value is -2.83. The number of carboxylic acid groups (broad SMARTS) is 1. The zero-order valence-electron chi connectivity index (χ0n) is 17.4. The molecule has 1 fully saturated rings. The van der Waals surface area contributed by atoms with Crippen LogP contribution in [-0.2, 0) is 16.0 Å². The molecule has 0 unspecified atom stereocenters. The zero-order chi connectivity index (χ0) is 21.2. The molecule has 29 heavy (non-hydrogen) atoms. The van der Waals surface area contributed by atoms with Crippen LogP contribution in [-0.4, -0.2) is 45.9 Å². The molecular formula is C22H28N2O5. The monoisotopic (exact) mass is 400 g/mol. The normalized spacial score (nSPS) is 19.8. The standard InChI is InChI=1S/C22H28N2O5/c1-15-6-8-16(9-7-15)18-12-17(29-23-18)13-22(19(25)26)10-5-11-24(14-22)20(27)28-21(2,3)4/h6-9,12H,5,10-11,13-14H2,1-4H3,(H,25,26)/t22-/m0/s1. The average Bonchev–Trinajstić information content (AvgIpc) is 3.09. The highest BCUT2D eigenvalue weighted by molar-refractivity contribution is 5.77. The zero-order valence-corrected chi connectivity index (χ0v) is 17.4. The minimum Gasteiger partial charge on any atom is -0.481 e. The van der Waals surface area contributed by atoms with Crippen molar-refractivity contribution >= 4 is 12.1 Å². The Morgan fingerprint density at radius 1 is 1.28 bits per heavy atom. The molecule has 1 aliphatic heterocycles. The minimum atomic E-state index is -1.13. The lowest BCUT2D eigenvalue weighted by Gasteiger charge is -2.39. The molecule has 0 radical (unpaired) electrons. The molecule has 7 heteroatoms. The number of hydrogen-bond donors (Lipinski definition) is 1. The van der Waals surface area contributed by atoms with Crippen LogP contribution >= 0.6 is 0 Å². The fourth-order valence-corrected chi connectivity index (χ4v) is 3.60. The van der Waals surface area contributed by atoms with Gasteiger partial charge in [-0.1, -0.05) is 35.0 Å². The molecule has 1 aliphatic rings. The Bertz CT molecular complexity index is 881. The van der Waals surface area contributed by atoms with Crippen molar-refractivity contribution in [1.29, 1.82) is 0 Å². The third kappa shape index (κ3) is 4.96. The van der Waals surface area contributed by atoms with Crippen LogP contribution in [0.1, 0.15) is 44.9 Å². The number of nitrogens with zero attached hydrogens (tertiary/aromatic N) is 2. The summed E-state index contributed by atoms with van der Waals surface area (Å²) in [5, 5.41) is 14.1. The Morgan fingerprint density at radius 3 is 2.59 bits per heavy atom. The van der Waals surface area contributed by atoms with Crippen molar-refractivity contribution in [2.24, 2.45) is 5.41 Å². The smallest absolute Gasteiger partial charge is 0.410 e. The molecule has 0 spiro atoms. The molecule has 0 saturated carbocycles. The van der Waals surface area contributed by atoms with Gasteiger partial charge in [-0.2, -0.15) is 0 Å². The molecule has 1 saturated heterocycles. The van der Waals surface area contributed by atoms with Gasteiger partial charge in [0.25, 0.3) is 0 Å². The van der Waals surface area contributed by atoms with Crippen LogP contribution in [0.3, 0.4) is 0 Å². The number of piperidine rings is 1. The van der Waals surface area contributed by atoms with E-state index in [1.807, 2.05) is 31.2 Å². The van der Waals surface area contributed by atoms with E-state index in [4.69, 9.17) is 9.26 Å². The summed E-state index contributed by atoms with van der Waals surface area (Å²) in [6.07, 6.45) is 0.730. The van der Waals surface area contributed by atoms with E-state index in [9.17, 15) is 14.7 Å². The van der Waals surface area contributed by atoms with Crippen molar-refractivity contribution in [3.8, 4) is 11.3 Å². The van der Waals surface area contributed by atoms with Gasteiger partial charge in [0.15, 0.2) is 0 Å². The van der Waals surface area contributed by atoms with E-state index in [2.05, 4.69) is 5.16 Å². The lowest BCUT2D eigenvalue weighted by atomic mass is 9.76. The largest absolute Gasteiger partial charge is 0.481 e. The van der Waals surface area contributed by atoms with Gasteiger partial charge in [0.05, 0.1) is 5.41 Å². The molecule has 1 amide bonds. The molecular weight excluding hydrogens is 372 g/mol. The van der Waals surface area contributed by atoms with Gasteiger partial charge in [-0.25, -0.2) is 4.79 Å². The summed E-state index contributed by atoms with van der Waals surface area (Å²) < 4.78 is 10.9. The van der Waals surface area contributed by atoms with E-state index < -0.39 is 23.1 Å². The molecule has 7 nitrogen and oxygen atoms in total. The predicted octanol–water partition coefficient (Wildman–Crippen LogP) is 4.29. The molecule has 0 aliphatic carbocycles. The summed E-state index contributed by atoms with van der Waals surface area (Å²) in [6.45, 7) is 7.95. The highest BCUT2D eigenvalue weighted by Gasteiger charge is 2.45. The highest BCUT2D eigenvalue weighted by atomic mass is 16.6. The predicted molar refractivity (Wildman–Crippen MR) is 107 cm³/mol. The maximum absolute atomic E-state index is 12.5. The number of amides is 1. The van der Waals surface area contributed by atoms with Crippen LogP contribution in [0.2, 0.25) is 0 Å². The van der Waals surface area contributed by atoms with E-state index in [0.717, 1.165) is 11.1 Å². The summed E-state index contributed by atoms with van der Waals surface area (Å²) >= 11 is 0. The second kappa shape index (κ2) is 7.89. The van der Waals surface area contributed by atoms with Gasteiger partial charge in [-0.05, 0) is 40.5 Å². The molecule has 1 aromatic carbocycles. The maximum atomic E-state index is 12.5. The summed E-state index contributed by atoms with van der Waals surface area (Å²) in [5.41, 5.74) is 0.967. The van der Waals surface area contributed by atoms with E-state index in [0.29, 0.717) is 30.8 Å². The number of carbonyl (C=O) groups excluding carboxylic acids is 1. The number of carboxylic acids is 1. The van der Waals surface area contributed by atoms with Crippen LogP contribution in [0.15, 0.2) is 34.9 Å². The first-order valence-electron chi connectivity index (χ1n) is 9.82. The Morgan fingerprint density at radius 2 is 1.97 bits per heavy atom. The van der Waals surface area contributed by atoms with Gasteiger partial charge in [0, 0.05) is 31.1 Å². The number of aryl methyl sites for hydroxylation is 1. The topological polar surface area (TPSA) is 92.9 Å². The van der Waals surface area contributed by atoms with Crippen molar-refractivity contribution in [2.45, 2.75) is 52.6 Å². The van der Waals surface area contributed by atoms with Gasteiger partial charge in [0.1, 0.15) is 17.1 Å². The molecule has 0 bridgehead atoms. The summed E-state index contributed by atoms with van der Waals surface area (Å²) in [4.78, 5) is 26.2. The van der Waals surface area contributed by atoms with Crippen molar-refractivity contribution in [3.63, 3.8) is 0 Å². The average molecular weight is 400 g/mol. The van der Waals surface area contributed by atoms with Crippen LogP contribution in [0.4, 0.5) is 4.79 Å². The Balaban J connectivity index is 1.78.